The Labute approximate surface area is 290 Å². The Kier molecular flexibility index (Phi) is 34.7. The fraction of sp³-hybridized carbons (Fsp3) is 0.829. The number of allylic oxidation sites excluding steroid dienone is 5. The third-order valence-corrected chi connectivity index (χ3v) is 9.08. The number of rotatable bonds is 35. The highest BCUT2D eigenvalue weighted by molar-refractivity contribution is 5.81. The highest BCUT2D eigenvalue weighted by atomic mass is 16.3. The summed E-state index contributed by atoms with van der Waals surface area (Å²) >= 11 is 0. The van der Waals surface area contributed by atoms with E-state index < -0.39 is 36.9 Å². The van der Waals surface area contributed by atoms with E-state index in [0.29, 0.717) is 12.8 Å². The summed E-state index contributed by atoms with van der Waals surface area (Å²) in [5, 5.41) is 43.3. The number of hydrogen-bond acceptors (Lipinski definition) is 5. The van der Waals surface area contributed by atoms with Gasteiger partial charge in [-0.3, -0.25) is 4.79 Å². The number of aliphatic hydroxyl groups is 4. The molecule has 0 aromatic heterocycles. The lowest BCUT2D eigenvalue weighted by molar-refractivity contribution is -0.132. The second-order valence-corrected chi connectivity index (χ2v) is 13.6. The van der Waals surface area contributed by atoms with Crippen LogP contribution in [-0.2, 0) is 4.79 Å². The zero-order chi connectivity index (χ0) is 34.6. The standard InChI is InChI=1S/C41H77NO5/c1-3-5-7-9-11-13-15-17-18-19-20-21-22-23-25-26-28-30-32-34-38(44)40(46)37(36-43)42-41(47)39(45)35-33-31-29-27-24-16-14-12-10-8-6-4-2/h24,26-28,31,33,37-40,43-46H,3-23,25,29-30,32,34-36H2,1-2H3,(H,42,47)/b27-24-,28-26+,33-31-. The van der Waals surface area contributed by atoms with Crippen LogP contribution >= 0.6 is 0 Å². The maximum atomic E-state index is 12.4. The van der Waals surface area contributed by atoms with Crippen LogP contribution in [0.15, 0.2) is 36.5 Å². The zero-order valence-corrected chi connectivity index (χ0v) is 30.8. The van der Waals surface area contributed by atoms with Gasteiger partial charge in [0.25, 0.3) is 0 Å². The summed E-state index contributed by atoms with van der Waals surface area (Å²) in [6, 6.07) is -1.03. The van der Waals surface area contributed by atoms with Gasteiger partial charge in [0.05, 0.1) is 18.8 Å². The predicted molar refractivity (Wildman–Crippen MR) is 200 cm³/mol. The van der Waals surface area contributed by atoms with Gasteiger partial charge in [-0.1, -0.05) is 166 Å². The van der Waals surface area contributed by atoms with E-state index in [0.717, 1.165) is 25.7 Å². The van der Waals surface area contributed by atoms with Gasteiger partial charge in [0.1, 0.15) is 12.2 Å². The van der Waals surface area contributed by atoms with Gasteiger partial charge in [-0.2, -0.15) is 0 Å². The largest absolute Gasteiger partial charge is 0.394 e. The Morgan fingerprint density at radius 3 is 1.43 bits per heavy atom. The highest BCUT2D eigenvalue weighted by Crippen LogP contribution is 2.14. The summed E-state index contributed by atoms with van der Waals surface area (Å²) in [4.78, 5) is 12.4. The molecule has 276 valence electrons. The molecule has 0 aromatic rings. The lowest BCUT2D eigenvalue weighted by atomic mass is 10.0. The normalized spacial score (nSPS) is 14.8. The molecular formula is C41H77NO5. The SMILES string of the molecule is CCCCCCCC/C=C\C/C=C\CC(O)C(=O)NC(CO)C(O)C(O)CCC/C=C/CCCCCCCCCCCCCCCC. The Bertz CT molecular complexity index is 752. The van der Waals surface area contributed by atoms with Gasteiger partial charge in [-0.15, -0.1) is 0 Å². The van der Waals surface area contributed by atoms with Gasteiger partial charge in [-0.25, -0.2) is 0 Å². The molecule has 1 amide bonds. The molecule has 4 unspecified atom stereocenters. The van der Waals surface area contributed by atoms with Crippen LogP contribution in [0.5, 0.6) is 0 Å². The smallest absolute Gasteiger partial charge is 0.249 e. The van der Waals surface area contributed by atoms with Gasteiger partial charge in [0.2, 0.25) is 5.91 Å². The molecule has 0 radical (unpaired) electrons. The van der Waals surface area contributed by atoms with E-state index in [4.69, 9.17) is 0 Å². The van der Waals surface area contributed by atoms with Crippen molar-refractivity contribution in [3.63, 3.8) is 0 Å². The van der Waals surface area contributed by atoms with Crippen molar-refractivity contribution in [3.8, 4) is 0 Å². The minimum Gasteiger partial charge on any atom is -0.394 e. The molecule has 0 aromatic carbocycles. The predicted octanol–water partition coefficient (Wildman–Crippen LogP) is 9.79. The average Bonchev–Trinajstić information content (AvgIpc) is 3.07. The van der Waals surface area contributed by atoms with E-state index in [-0.39, 0.29) is 6.42 Å². The maximum Gasteiger partial charge on any atom is 0.249 e. The maximum absolute atomic E-state index is 12.4. The third-order valence-electron chi connectivity index (χ3n) is 9.08. The first-order chi connectivity index (χ1) is 23.0. The Balaban J connectivity index is 3.88. The van der Waals surface area contributed by atoms with E-state index in [1.165, 1.54) is 128 Å². The van der Waals surface area contributed by atoms with Crippen molar-refractivity contribution < 1.29 is 25.2 Å². The average molecular weight is 664 g/mol. The molecule has 0 fully saturated rings. The number of aliphatic hydroxyl groups excluding tert-OH is 4. The molecular weight excluding hydrogens is 586 g/mol. The number of hydrogen-bond donors (Lipinski definition) is 5. The van der Waals surface area contributed by atoms with Crippen molar-refractivity contribution in [2.45, 2.75) is 212 Å². The molecule has 0 aliphatic carbocycles. The fourth-order valence-electron chi connectivity index (χ4n) is 5.86. The fourth-order valence-corrected chi connectivity index (χ4v) is 5.86. The molecule has 0 bridgehead atoms. The monoisotopic (exact) mass is 664 g/mol. The van der Waals surface area contributed by atoms with E-state index >= 15 is 0 Å². The number of nitrogens with one attached hydrogen (secondary N) is 1. The number of amides is 1. The van der Waals surface area contributed by atoms with Crippen LogP contribution in [0.25, 0.3) is 0 Å². The third kappa shape index (κ3) is 30.3. The van der Waals surface area contributed by atoms with Crippen molar-refractivity contribution in [1.82, 2.24) is 5.32 Å². The first-order valence-electron chi connectivity index (χ1n) is 19.9. The van der Waals surface area contributed by atoms with Gasteiger partial charge in [0, 0.05) is 6.42 Å². The summed E-state index contributed by atoms with van der Waals surface area (Å²) < 4.78 is 0. The van der Waals surface area contributed by atoms with Crippen molar-refractivity contribution in [2.24, 2.45) is 0 Å². The molecule has 0 saturated carbocycles. The first kappa shape index (κ1) is 45.5. The highest BCUT2D eigenvalue weighted by Gasteiger charge is 2.28. The van der Waals surface area contributed by atoms with E-state index in [1.54, 1.807) is 6.08 Å². The molecule has 6 nitrogen and oxygen atoms in total. The Morgan fingerprint density at radius 2 is 0.957 bits per heavy atom. The van der Waals surface area contributed by atoms with Crippen molar-refractivity contribution in [1.29, 1.82) is 0 Å². The van der Waals surface area contributed by atoms with Crippen LogP contribution in [0.4, 0.5) is 0 Å². The van der Waals surface area contributed by atoms with Crippen LogP contribution in [0.3, 0.4) is 0 Å². The van der Waals surface area contributed by atoms with E-state index in [9.17, 15) is 25.2 Å². The summed E-state index contributed by atoms with van der Waals surface area (Å²) in [7, 11) is 0. The van der Waals surface area contributed by atoms with Gasteiger partial charge >= 0.3 is 0 Å². The topological polar surface area (TPSA) is 110 Å². The second kappa shape index (κ2) is 35.8. The first-order valence-corrected chi connectivity index (χ1v) is 19.9. The Hall–Kier alpha value is -1.47. The van der Waals surface area contributed by atoms with Crippen molar-refractivity contribution >= 4 is 5.91 Å². The molecule has 6 heteroatoms. The van der Waals surface area contributed by atoms with Crippen LogP contribution in [-0.4, -0.2) is 57.3 Å². The lowest BCUT2D eigenvalue weighted by Gasteiger charge is -2.27. The van der Waals surface area contributed by atoms with Gasteiger partial charge in [0.15, 0.2) is 0 Å². The van der Waals surface area contributed by atoms with Crippen LogP contribution < -0.4 is 5.32 Å². The van der Waals surface area contributed by atoms with Crippen molar-refractivity contribution in [3.05, 3.63) is 36.5 Å². The van der Waals surface area contributed by atoms with Crippen LogP contribution in [0.2, 0.25) is 0 Å². The van der Waals surface area contributed by atoms with E-state index in [2.05, 4.69) is 43.5 Å². The van der Waals surface area contributed by atoms with Gasteiger partial charge in [-0.05, 0) is 51.4 Å². The number of unbranched alkanes of at least 4 members (excludes halogenated alkanes) is 21. The summed E-state index contributed by atoms with van der Waals surface area (Å²) in [6.45, 7) is 3.98. The summed E-state index contributed by atoms with van der Waals surface area (Å²) in [5.74, 6) is -0.662. The van der Waals surface area contributed by atoms with E-state index in [1.807, 2.05) is 6.08 Å². The molecule has 0 saturated heterocycles. The quantitative estimate of drug-likeness (QED) is 0.0343. The molecule has 0 spiro atoms. The van der Waals surface area contributed by atoms with Crippen LogP contribution in [0.1, 0.15) is 187 Å². The molecule has 0 aliphatic heterocycles. The summed E-state index contributed by atoms with van der Waals surface area (Å²) in [5.41, 5.74) is 0. The molecule has 0 heterocycles. The molecule has 0 aliphatic rings. The van der Waals surface area contributed by atoms with Crippen molar-refractivity contribution in [2.75, 3.05) is 6.61 Å². The molecule has 5 N–H and O–H groups in total. The number of carbonyl (C=O) groups excluding carboxylic acids is 1. The molecule has 0 rings (SSSR count). The minimum absolute atomic E-state index is 0.152. The second-order valence-electron chi connectivity index (χ2n) is 13.6. The zero-order valence-electron chi connectivity index (χ0n) is 30.8. The minimum atomic E-state index is -1.30. The Morgan fingerprint density at radius 1 is 0.553 bits per heavy atom. The number of carbonyl (C=O) groups is 1. The summed E-state index contributed by atoms with van der Waals surface area (Å²) in [6.07, 6.45) is 40.5. The lowest BCUT2D eigenvalue weighted by Crippen LogP contribution is -2.52. The van der Waals surface area contributed by atoms with Crippen LogP contribution in [0, 0.1) is 0 Å². The van der Waals surface area contributed by atoms with Gasteiger partial charge < -0.3 is 25.7 Å². The molecule has 4 atom stereocenters. The molecule has 47 heavy (non-hydrogen) atoms.